The van der Waals surface area contributed by atoms with Gasteiger partial charge in [-0.3, -0.25) is 4.79 Å². The summed E-state index contributed by atoms with van der Waals surface area (Å²) in [5.41, 5.74) is 7.49. The van der Waals surface area contributed by atoms with E-state index in [0.717, 1.165) is 5.69 Å². The van der Waals surface area contributed by atoms with E-state index in [4.69, 9.17) is 26.8 Å². The molecule has 1 aromatic carbocycles. The summed E-state index contributed by atoms with van der Waals surface area (Å²) in [5, 5.41) is 0.419. The number of rotatable bonds is 3. The van der Waals surface area contributed by atoms with Crippen LogP contribution in [0.5, 0.6) is 5.75 Å². The Morgan fingerprint density at radius 1 is 1.38 bits per heavy atom. The third-order valence-electron chi connectivity index (χ3n) is 4.51. The molecular formula is C19H19ClN2O4. The topological polar surface area (TPSA) is 83.5 Å². The highest BCUT2D eigenvalue weighted by molar-refractivity contribution is 6.31. The first-order valence-electron chi connectivity index (χ1n) is 8.15. The highest BCUT2D eigenvalue weighted by Gasteiger charge is 2.38. The molecule has 2 N–H and O–H groups in total. The fourth-order valence-corrected chi connectivity index (χ4v) is 3.55. The number of aromatic nitrogens is 1. The summed E-state index contributed by atoms with van der Waals surface area (Å²) in [5.74, 6) is -1.21. The number of methoxy groups -OCH3 is 1. The van der Waals surface area contributed by atoms with Crippen molar-refractivity contribution in [2.45, 2.75) is 26.3 Å². The van der Waals surface area contributed by atoms with Crippen LogP contribution < -0.4 is 16.0 Å². The molecule has 136 valence electrons. The molecule has 26 heavy (non-hydrogen) atoms. The van der Waals surface area contributed by atoms with Crippen molar-refractivity contribution >= 4 is 17.6 Å². The number of aryl methyl sites for hydroxylation is 1. The average molecular weight is 375 g/mol. The van der Waals surface area contributed by atoms with Gasteiger partial charge in [-0.1, -0.05) is 29.8 Å². The van der Waals surface area contributed by atoms with Gasteiger partial charge in [-0.25, -0.2) is 4.79 Å². The van der Waals surface area contributed by atoms with Gasteiger partial charge in [-0.2, -0.15) is 0 Å². The van der Waals surface area contributed by atoms with Gasteiger partial charge in [0.1, 0.15) is 11.3 Å². The summed E-state index contributed by atoms with van der Waals surface area (Å²) in [7, 11) is 1.25. The van der Waals surface area contributed by atoms with E-state index in [1.807, 2.05) is 13.8 Å². The van der Waals surface area contributed by atoms with Crippen LogP contribution in [0.3, 0.4) is 0 Å². The molecule has 2 aromatic rings. The largest absolute Gasteiger partial charge is 0.465 e. The van der Waals surface area contributed by atoms with Crippen LogP contribution in [0.15, 0.2) is 46.6 Å². The minimum Gasteiger partial charge on any atom is -0.465 e. The molecule has 1 atom stereocenters. The molecule has 0 amide bonds. The first-order valence-corrected chi connectivity index (χ1v) is 8.53. The van der Waals surface area contributed by atoms with Crippen LogP contribution in [-0.2, 0) is 16.1 Å². The predicted molar refractivity (Wildman–Crippen MR) is 98.3 cm³/mol. The SMILES string of the molecule is CCn1c(C)cc2c(c1=O)[C@@H](c1ccccc1Cl)C(C(=O)OC)=C(N)O2. The molecular weight excluding hydrogens is 356 g/mol. The number of carbonyl (C=O) groups excluding carboxylic acids is 1. The van der Waals surface area contributed by atoms with Crippen molar-refractivity contribution in [3.63, 3.8) is 0 Å². The van der Waals surface area contributed by atoms with E-state index in [-0.39, 0.29) is 17.0 Å². The predicted octanol–water partition coefficient (Wildman–Crippen LogP) is 2.70. The number of benzene rings is 1. The number of ether oxygens (including phenoxy) is 2. The second-order valence-electron chi connectivity index (χ2n) is 5.94. The third-order valence-corrected chi connectivity index (χ3v) is 4.85. The zero-order valence-corrected chi connectivity index (χ0v) is 15.5. The van der Waals surface area contributed by atoms with Crippen LogP contribution in [0.2, 0.25) is 5.02 Å². The van der Waals surface area contributed by atoms with Crippen LogP contribution in [0.4, 0.5) is 0 Å². The minimum absolute atomic E-state index is 0.0664. The van der Waals surface area contributed by atoms with E-state index in [9.17, 15) is 9.59 Å². The highest BCUT2D eigenvalue weighted by atomic mass is 35.5. The number of halogens is 1. The minimum atomic E-state index is -0.772. The molecule has 0 saturated heterocycles. The van der Waals surface area contributed by atoms with Crippen LogP contribution in [0.25, 0.3) is 0 Å². The first kappa shape index (κ1) is 18.1. The van der Waals surface area contributed by atoms with Gasteiger partial charge in [0, 0.05) is 23.3 Å². The molecule has 0 bridgehead atoms. The Kier molecular flexibility index (Phi) is 4.78. The van der Waals surface area contributed by atoms with E-state index in [2.05, 4.69) is 0 Å². The van der Waals surface area contributed by atoms with Crippen molar-refractivity contribution in [1.82, 2.24) is 4.57 Å². The Bertz CT molecular complexity index is 978. The molecule has 3 rings (SSSR count). The molecule has 0 spiro atoms. The maximum absolute atomic E-state index is 13.1. The zero-order chi connectivity index (χ0) is 19.0. The smallest absolute Gasteiger partial charge is 0.340 e. The fourth-order valence-electron chi connectivity index (χ4n) is 3.31. The zero-order valence-electron chi connectivity index (χ0n) is 14.7. The Balaban J connectivity index is 2.39. The number of nitrogens with zero attached hydrogens (tertiary/aromatic N) is 1. The van der Waals surface area contributed by atoms with Crippen LogP contribution in [-0.4, -0.2) is 17.6 Å². The molecule has 6 nitrogen and oxygen atoms in total. The lowest BCUT2D eigenvalue weighted by molar-refractivity contribution is -0.136. The summed E-state index contributed by atoms with van der Waals surface area (Å²) in [6.07, 6.45) is 0. The highest BCUT2D eigenvalue weighted by Crippen LogP contribution is 2.43. The van der Waals surface area contributed by atoms with E-state index in [1.165, 1.54) is 7.11 Å². The van der Waals surface area contributed by atoms with E-state index >= 15 is 0 Å². The Morgan fingerprint density at radius 2 is 2.08 bits per heavy atom. The first-order chi connectivity index (χ1) is 12.4. The Hall–Kier alpha value is -2.73. The third kappa shape index (κ3) is 2.76. The maximum Gasteiger partial charge on any atom is 0.340 e. The summed E-state index contributed by atoms with van der Waals surface area (Å²) in [6, 6.07) is 8.76. The standard InChI is InChI=1S/C19H19ClN2O4/c1-4-22-10(2)9-13-15(18(22)23)14(11-7-5-6-8-12(11)20)16(17(21)26-13)19(24)25-3/h5-9,14H,4,21H2,1-3H3/t14-/m1/s1. The van der Waals surface area contributed by atoms with Crippen LogP contribution in [0, 0.1) is 6.92 Å². The van der Waals surface area contributed by atoms with Crippen molar-refractivity contribution < 1.29 is 14.3 Å². The Labute approximate surface area is 155 Å². The Morgan fingerprint density at radius 3 is 2.69 bits per heavy atom. The second kappa shape index (κ2) is 6.88. The molecule has 0 unspecified atom stereocenters. The van der Waals surface area contributed by atoms with Gasteiger partial charge in [0.25, 0.3) is 5.56 Å². The van der Waals surface area contributed by atoms with Gasteiger partial charge in [-0.05, 0) is 25.5 Å². The maximum atomic E-state index is 13.1. The van der Waals surface area contributed by atoms with E-state index in [0.29, 0.717) is 28.4 Å². The van der Waals surface area contributed by atoms with Crippen molar-refractivity contribution in [1.29, 1.82) is 0 Å². The fraction of sp³-hybridized carbons (Fsp3) is 0.263. The molecule has 0 aliphatic carbocycles. The number of hydrogen-bond donors (Lipinski definition) is 1. The number of esters is 1. The average Bonchev–Trinajstić information content (AvgIpc) is 2.60. The van der Waals surface area contributed by atoms with Crippen LogP contribution >= 0.6 is 11.6 Å². The quantitative estimate of drug-likeness (QED) is 0.835. The summed E-state index contributed by atoms with van der Waals surface area (Å²) < 4.78 is 12.1. The number of fused-ring (bicyclic) bond motifs is 1. The number of hydrogen-bond acceptors (Lipinski definition) is 5. The van der Waals surface area contributed by atoms with Gasteiger partial charge in [0.15, 0.2) is 0 Å². The number of carbonyl (C=O) groups is 1. The second-order valence-corrected chi connectivity index (χ2v) is 6.35. The van der Waals surface area contributed by atoms with Gasteiger partial charge in [0.2, 0.25) is 5.88 Å². The van der Waals surface area contributed by atoms with E-state index < -0.39 is 11.9 Å². The lowest BCUT2D eigenvalue weighted by Crippen LogP contribution is -2.35. The summed E-state index contributed by atoms with van der Waals surface area (Å²) in [6.45, 7) is 4.18. The van der Waals surface area contributed by atoms with Gasteiger partial charge in [-0.15, -0.1) is 0 Å². The molecule has 1 aliphatic rings. The van der Waals surface area contributed by atoms with Gasteiger partial charge < -0.3 is 19.8 Å². The lowest BCUT2D eigenvalue weighted by atomic mass is 9.83. The number of nitrogens with two attached hydrogens (primary N) is 1. The molecule has 7 heteroatoms. The van der Waals surface area contributed by atoms with E-state index in [1.54, 1.807) is 34.9 Å². The number of pyridine rings is 1. The molecule has 1 aromatic heterocycles. The van der Waals surface area contributed by atoms with Crippen molar-refractivity contribution in [3.05, 3.63) is 74.0 Å². The van der Waals surface area contributed by atoms with Crippen LogP contribution in [0.1, 0.15) is 29.7 Å². The monoisotopic (exact) mass is 374 g/mol. The summed E-state index contributed by atoms with van der Waals surface area (Å²) >= 11 is 6.38. The van der Waals surface area contributed by atoms with Crippen molar-refractivity contribution in [2.75, 3.05) is 7.11 Å². The molecule has 1 aliphatic heterocycles. The normalized spacial score (nSPS) is 16.1. The summed E-state index contributed by atoms with van der Waals surface area (Å²) in [4.78, 5) is 25.6. The molecule has 0 radical (unpaired) electrons. The lowest BCUT2D eigenvalue weighted by Gasteiger charge is -2.29. The van der Waals surface area contributed by atoms with Gasteiger partial charge >= 0.3 is 5.97 Å². The molecule has 0 saturated carbocycles. The molecule has 0 fully saturated rings. The molecule has 2 heterocycles. The van der Waals surface area contributed by atoms with Gasteiger partial charge in [0.05, 0.1) is 18.6 Å². The van der Waals surface area contributed by atoms with Crippen molar-refractivity contribution in [2.24, 2.45) is 5.73 Å². The van der Waals surface area contributed by atoms with Crippen molar-refractivity contribution in [3.8, 4) is 5.75 Å².